The number of thiazole rings is 1. The molecule has 0 radical (unpaired) electrons. The molecule has 1 atom stereocenters. The number of rotatable bonds is 5. The first kappa shape index (κ1) is 23.9. The highest BCUT2D eigenvalue weighted by Gasteiger charge is 2.32. The summed E-state index contributed by atoms with van der Waals surface area (Å²) in [6.45, 7) is 2.49. The Kier molecular flexibility index (Phi) is 6.34. The van der Waals surface area contributed by atoms with Gasteiger partial charge in [0, 0.05) is 10.0 Å². The first-order valence-electron chi connectivity index (χ1n) is 12.3. The van der Waals surface area contributed by atoms with Crippen LogP contribution in [0.5, 0.6) is 11.5 Å². The van der Waals surface area contributed by atoms with E-state index in [9.17, 15) is 4.79 Å². The lowest BCUT2D eigenvalue weighted by molar-refractivity contribution is 0.311. The molecule has 6 rings (SSSR count). The van der Waals surface area contributed by atoms with Gasteiger partial charge in [0.25, 0.3) is 5.56 Å². The number of hydrogen-bond donors (Lipinski definition) is 0. The molecule has 0 spiro atoms. The molecule has 0 N–H and O–H groups in total. The maximum absolute atomic E-state index is 13.9. The van der Waals surface area contributed by atoms with Gasteiger partial charge in [-0.05, 0) is 72.4 Å². The first-order chi connectivity index (χ1) is 18.1. The Morgan fingerprint density at radius 2 is 1.89 bits per heavy atom. The van der Waals surface area contributed by atoms with Gasteiger partial charge in [-0.3, -0.25) is 9.36 Å². The molecule has 5 nitrogen and oxygen atoms in total. The minimum atomic E-state index is -0.190. The van der Waals surface area contributed by atoms with Crippen molar-refractivity contribution in [3.05, 3.63) is 119 Å². The zero-order valence-corrected chi connectivity index (χ0v) is 22.9. The fourth-order valence-corrected chi connectivity index (χ4v) is 6.43. The van der Waals surface area contributed by atoms with E-state index in [0.29, 0.717) is 22.6 Å². The van der Waals surface area contributed by atoms with Gasteiger partial charge < -0.3 is 9.47 Å². The van der Waals surface area contributed by atoms with E-state index in [1.807, 2.05) is 47.9 Å². The van der Waals surface area contributed by atoms with Gasteiger partial charge in [0.15, 0.2) is 16.3 Å². The van der Waals surface area contributed by atoms with Crippen LogP contribution >= 0.6 is 27.3 Å². The third-order valence-electron chi connectivity index (χ3n) is 6.84. The van der Waals surface area contributed by atoms with Crippen LogP contribution in [0.1, 0.15) is 41.6 Å². The predicted molar refractivity (Wildman–Crippen MR) is 151 cm³/mol. The maximum Gasteiger partial charge on any atom is 0.271 e. The number of nitrogens with zero attached hydrogens (tertiary/aromatic N) is 2. The summed E-state index contributed by atoms with van der Waals surface area (Å²) < 4.78 is 14.7. The van der Waals surface area contributed by atoms with Crippen LogP contribution in [0.4, 0.5) is 0 Å². The smallest absolute Gasteiger partial charge is 0.271 e. The largest absolute Gasteiger partial charge is 0.493 e. The van der Waals surface area contributed by atoms with Gasteiger partial charge in [-0.2, -0.15) is 0 Å². The lowest BCUT2D eigenvalue weighted by Gasteiger charge is -2.30. The van der Waals surface area contributed by atoms with Gasteiger partial charge in [0.05, 0.1) is 30.0 Å². The molecule has 1 aliphatic carbocycles. The minimum Gasteiger partial charge on any atom is -0.493 e. The van der Waals surface area contributed by atoms with E-state index in [4.69, 9.17) is 14.5 Å². The van der Waals surface area contributed by atoms with Crippen molar-refractivity contribution in [1.82, 2.24) is 4.57 Å². The second-order valence-corrected chi connectivity index (χ2v) is 10.9. The summed E-state index contributed by atoms with van der Waals surface area (Å²) in [4.78, 5) is 19.7. The standard InChI is InChI=1S/C30H25BrN2O3S/c1-3-36-24-15-8-18(16-25(24)35-2)17-26-29(34)33-28(20-9-12-21(31)13-10-20)23-14-11-19-6-4-5-7-22(19)27(23)32-30(33)37-26/h4-10,12-13,15-17,28H,3,11,14H2,1-2H3. The van der Waals surface area contributed by atoms with Crippen molar-refractivity contribution in [2.45, 2.75) is 25.8 Å². The third-order valence-corrected chi connectivity index (χ3v) is 8.36. The van der Waals surface area contributed by atoms with E-state index in [-0.39, 0.29) is 11.6 Å². The number of fused-ring (bicyclic) bond motifs is 3. The summed E-state index contributed by atoms with van der Waals surface area (Å²) in [5.74, 6) is 1.33. The topological polar surface area (TPSA) is 52.8 Å². The van der Waals surface area contributed by atoms with E-state index < -0.39 is 0 Å². The lowest BCUT2D eigenvalue weighted by Crippen LogP contribution is -2.38. The van der Waals surface area contributed by atoms with Gasteiger partial charge in [-0.15, -0.1) is 0 Å². The van der Waals surface area contributed by atoms with Crippen LogP contribution in [0, 0.1) is 0 Å². The minimum absolute atomic E-state index is 0.0325. The van der Waals surface area contributed by atoms with Gasteiger partial charge in [-0.1, -0.05) is 69.7 Å². The van der Waals surface area contributed by atoms with Crippen molar-refractivity contribution < 1.29 is 9.47 Å². The van der Waals surface area contributed by atoms with Crippen molar-refractivity contribution in [3.63, 3.8) is 0 Å². The summed E-state index contributed by atoms with van der Waals surface area (Å²) in [5, 5.41) is 0. The fourth-order valence-electron chi connectivity index (χ4n) is 5.17. The highest BCUT2D eigenvalue weighted by atomic mass is 79.9. The highest BCUT2D eigenvalue weighted by molar-refractivity contribution is 9.10. The molecule has 186 valence electrons. The SMILES string of the molecule is CCOc1ccc(C=c2sc3n(c2=O)C(c2ccc(Br)cc2)C2=C(N=3)c3ccccc3CC2)cc1OC. The average Bonchev–Trinajstić information content (AvgIpc) is 3.23. The Bertz CT molecular complexity index is 1720. The van der Waals surface area contributed by atoms with Crippen LogP contribution in [0.2, 0.25) is 0 Å². The molecule has 7 heteroatoms. The zero-order valence-electron chi connectivity index (χ0n) is 20.5. The van der Waals surface area contributed by atoms with Gasteiger partial charge in [-0.25, -0.2) is 4.99 Å². The molecule has 1 unspecified atom stereocenters. The van der Waals surface area contributed by atoms with Crippen molar-refractivity contribution >= 4 is 39.0 Å². The van der Waals surface area contributed by atoms with Crippen LogP contribution in [-0.4, -0.2) is 18.3 Å². The summed E-state index contributed by atoms with van der Waals surface area (Å²) in [6.07, 6.45) is 3.72. The van der Waals surface area contributed by atoms with E-state index in [0.717, 1.165) is 38.9 Å². The first-order valence-corrected chi connectivity index (χ1v) is 13.9. The Balaban J connectivity index is 1.56. The molecule has 4 aromatic rings. The van der Waals surface area contributed by atoms with Gasteiger partial charge in [0.2, 0.25) is 0 Å². The second kappa shape index (κ2) is 9.80. The number of hydrogen-bond acceptors (Lipinski definition) is 5. The Morgan fingerprint density at radius 1 is 1.08 bits per heavy atom. The summed E-state index contributed by atoms with van der Waals surface area (Å²) >= 11 is 4.98. The summed E-state index contributed by atoms with van der Waals surface area (Å²) in [7, 11) is 1.62. The summed E-state index contributed by atoms with van der Waals surface area (Å²) in [6, 6.07) is 22.3. The van der Waals surface area contributed by atoms with Gasteiger partial charge in [0.1, 0.15) is 0 Å². The quantitative estimate of drug-likeness (QED) is 0.318. The zero-order chi connectivity index (χ0) is 25.5. The van der Waals surface area contributed by atoms with Crippen LogP contribution < -0.4 is 24.4 Å². The number of halogens is 1. The number of allylic oxidation sites excluding steroid dienone is 1. The molecule has 0 amide bonds. The lowest BCUT2D eigenvalue weighted by atomic mass is 9.83. The van der Waals surface area contributed by atoms with E-state index in [1.165, 1.54) is 28.0 Å². The molecular weight excluding hydrogens is 548 g/mol. The van der Waals surface area contributed by atoms with Crippen molar-refractivity contribution in [3.8, 4) is 11.5 Å². The Labute approximate surface area is 227 Å². The molecule has 3 aromatic carbocycles. The second-order valence-electron chi connectivity index (χ2n) is 9.01. The van der Waals surface area contributed by atoms with E-state index in [2.05, 4.69) is 52.3 Å². The third kappa shape index (κ3) is 4.26. The molecule has 37 heavy (non-hydrogen) atoms. The number of ether oxygens (including phenoxy) is 2. The molecule has 0 saturated heterocycles. The molecule has 1 aromatic heterocycles. The van der Waals surface area contributed by atoms with Crippen LogP contribution in [0.25, 0.3) is 11.8 Å². The molecule has 2 aliphatic rings. The van der Waals surface area contributed by atoms with Crippen molar-refractivity contribution in [2.75, 3.05) is 13.7 Å². The molecule has 2 heterocycles. The molecule has 0 fully saturated rings. The van der Waals surface area contributed by atoms with Crippen LogP contribution in [0.3, 0.4) is 0 Å². The highest BCUT2D eigenvalue weighted by Crippen LogP contribution is 2.41. The monoisotopic (exact) mass is 572 g/mol. The summed E-state index contributed by atoms with van der Waals surface area (Å²) in [5.41, 5.74) is 6.60. The van der Waals surface area contributed by atoms with Crippen molar-refractivity contribution in [1.29, 1.82) is 0 Å². The molecule has 1 aliphatic heterocycles. The number of aryl methyl sites for hydroxylation is 1. The van der Waals surface area contributed by atoms with Crippen LogP contribution in [0.15, 0.2) is 86.6 Å². The average molecular weight is 574 g/mol. The van der Waals surface area contributed by atoms with Gasteiger partial charge >= 0.3 is 0 Å². The molecule has 0 bridgehead atoms. The molecule has 0 saturated carbocycles. The van der Waals surface area contributed by atoms with E-state index in [1.54, 1.807) is 7.11 Å². The Morgan fingerprint density at radius 3 is 2.68 bits per heavy atom. The van der Waals surface area contributed by atoms with E-state index >= 15 is 0 Å². The Hall–Kier alpha value is -3.42. The normalized spacial score (nSPS) is 16.5. The number of aromatic nitrogens is 1. The van der Waals surface area contributed by atoms with Crippen molar-refractivity contribution in [2.24, 2.45) is 4.99 Å². The predicted octanol–water partition coefficient (Wildman–Crippen LogP) is 5.49. The number of methoxy groups -OCH3 is 1. The number of benzene rings is 3. The fraction of sp³-hybridized carbons (Fsp3) is 0.200. The molecular formula is C30H25BrN2O3S. The maximum atomic E-state index is 13.9. The van der Waals surface area contributed by atoms with Crippen LogP contribution in [-0.2, 0) is 6.42 Å².